The molecule has 0 aliphatic rings. The second-order valence-electron chi connectivity index (χ2n) is 3.49. The minimum atomic E-state index is -0.446. The van der Waals surface area contributed by atoms with Crippen molar-refractivity contribution in [2.75, 3.05) is 25.9 Å². The predicted octanol–water partition coefficient (Wildman–Crippen LogP) is 1.44. The van der Waals surface area contributed by atoms with Gasteiger partial charge in [-0.15, -0.1) is 24.2 Å². The van der Waals surface area contributed by atoms with Crippen LogP contribution in [0.2, 0.25) is 0 Å². The van der Waals surface area contributed by atoms with Gasteiger partial charge in [-0.1, -0.05) is 0 Å². The van der Waals surface area contributed by atoms with Crippen molar-refractivity contribution in [3.8, 4) is 0 Å². The molecule has 0 radical (unpaired) electrons. The number of carbonyl (C=O) groups excluding carboxylic acids is 1. The first-order valence-electron chi connectivity index (χ1n) is 5.42. The number of hydrogen-bond donors (Lipinski definition) is 2. The summed E-state index contributed by atoms with van der Waals surface area (Å²) in [5.41, 5.74) is 0.0535. The van der Waals surface area contributed by atoms with Crippen molar-refractivity contribution in [1.29, 1.82) is 0 Å². The van der Waals surface area contributed by atoms with E-state index in [2.05, 4.69) is 10.6 Å². The summed E-state index contributed by atoms with van der Waals surface area (Å²) in [6.45, 7) is 1.32. The van der Waals surface area contributed by atoms with E-state index in [0.29, 0.717) is 12.3 Å². The molecule has 8 heteroatoms. The third kappa shape index (κ3) is 7.00. The Hall–Kier alpha value is -1.31. The van der Waals surface area contributed by atoms with E-state index in [9.17, 15) is 14.9 Å². The van der Waals surface area contributed by atoms with Gasteiger partial charge in [-0.25, -0.2) is 0 Å². The number of rotatable bonds is 7. The molecule has 0 atom stereocenters. The van der Waals surface area contributed by atoms with Gasteiger partial charge in [-0.05, 0) is 19.2 Å². The van der Waals surface area contributed by atoms with E-state index in [4.69, 9.17) is 0 Å². The first-order valence-corrected chi connectivity index (χ1v) is 6.40. The van der Waals surface area contributed by atoms with Gasteiger partial charge in [0.25, 0.3) is 5.69 Å². The van der Waals surface area contributed by atoms with E-state index >= 15 is 0 Å². The Bertz CT molecular complexity index is 414. The van der Waals surface area contributed by atoms with E-state index in [0.717, 1.165) is 11.4 Å². The lowest BCUT2D eigenvalue weighted by Crippen LogP contribution is -2.31. The standard InChI is InChI=1S/C11H15N3O3S.ClH/c1-12-6-7-13-11(15)8-18-10-4-2-9(3-5-10)14(16)17;/h2-5,12H,6-8H2,1H3,(H,13,15);1H. The van der Waals surface area contributed by atoms with Gasteiger partial charge >= 0.3 is 0 Å². The summed E-state index contributed by atoms with van der Waals surface area (Å²) >= 11 is 1.35. The first kappa shape index (κ1) is 17.7. The maximum atomic E-state index is 11.4. The molecule has 6 nitrogen and oxygen atoms in total. The number of benzene rings is 1. The molecule has 1 aromatic carbocycles. The van der Waals surface area contributed by atoms with Crippen LogP contribution < -0.4 is 10.6 Å². The van der Waals surface area contributed by atoms with Gasteiger partial charge in [0.1, 0.15) is 0 Å². The Labute approximate surface area is 121 Å². The molecule has 0 spiro atoms. The molecule has 0 heterocycles. The number of thioether (sulfide) groups is 1. The SMILES string of the molecule is CNCCNC(=O)CSc1ccc([N+](=O)[O-])cc1.Cl. The third-order valence-electron chi connectivity index (χ3n) is 2.11. The highest BCUT2D eigenvalue weighted by Gasteiger charge is 2.06. The molecule has 106 valence electrons. The monoisotopic (exact) mass is 305 g/mol. The van der Waals surface area contributed by atoms with Gasteiger partial charge in [0.05, 0.1) is 10.7 Å². The zero-order chi connectivity index (χ0) is 13.4. The molecule has 0 saturated carbocycles. The van der Waals surface area contributed by atoms with Gasteiger partial charge in [0.15, 0.2) is 0 Å². The Morgan fingerprint density at radius 3 is 2.47 bits per heavy atom. The summed E-state index contributed by atoms with van der Waals surface area (Å²) in [5.74, 6) is 0.259. The van der Waals surface area contributed by atoms with E-state index in [1.165, 1.54) is 23.9 Å². The highest BCUT2D eigenvalue weighted by molar-refractivity contribution is 8.00. The lowest BCUT2D eigenvalue weighted by Gasteiger charge is -2.04. The molecule has 0 aliphatic heterocycles. The summed E-state index contributed by atoms with van der Waals surface area (Å²) in [6, 6.07) is 6.15. The molecule has 0 fully saturated rings. The maximum Gasteiger partial charge on any atom is 0.269 e. The lowest BCUT2D eigenvalue weighted by atomic mass is 10.3. The number of nitro benzene ring substituents is 1. The van der Waals surface area contributed by atoms with Gasteiger partial charge in [-0.2, -0.15) is 0 Å². The number of likely N-dealkylation sites (N-methyl/N-ethyl adjacent to an activating group) is 1. The van der Waals surface area contributed by atoms with E-state index in [-0.39, 0.29) is 24.0 Å². The third-order valence-corrected chi connectivity index (χ3v) is 3.13. The van der Waals surface area contributed by atoms with Crippen LogP contribution >= 0.6 is 24.2 Å². The second kappa shape index (κ2) is 9.60. The molecular weight excluding hydrogens is 290 g/mol. The number of nitrogens with one attached hydrogen (secondary N) is 2. The molecule has 1 aromatic rings. The van der Waals surface area contributed by atoms with Crippen molar-refractivity contribution >= 4 is 35.8 Å². The van der Waals surface area contributed by atoms with Crippen LogP contribution in [0.3, 0.4) is 0 Å². The van der Waals surface area contributed by atoms with E-state index in [1.807, 2.05) is 7.05 Å². The molecule has 0 unspecified atom stereocenters. The molecule has 1 amide bonds. The number of non-ortho nitro benzene ring substituents is 1. The topological polar surface area (TPSA) is 84.3 Å². The highest BCUT2D eigenvalue weighted by Crippen LogP contribution is 2.20. The van der Waals surface area contributed by atoms with Crippen LogP contribution in [-0.4, -0.2) is 36.7 Å². The summed E-state index contributed by atoms with van der Waals surface area (Å²) in [7, 11) is 1.82. The van der Waals surface area contributed by atoms with Crippen LogP contribution in [0.4, 0.5) is 5.69 Å². The fraction of sp³-hybridized carbons (Fsp3) is 0.364. The molecule has 0 saturated heterocycles. The number of nitro groups is 1. The summed E-state index contributed by atoms with van der Waals surface area (Å²) in [4.78, 5) is 22.2. The lowest BCUT2D eigenvalue weighted by molar-refractivity contribution is -0.384. The number of hydrogen-bond acceptors (Lipinski definition) is 5. The van der Waals surface area contributed by atoms with Crippen LogP contribution in [-0.2, 0) is 4.79 Å². The minimum absolute atomic E-state index is 0. The van der Waals surface area contributed by atoms with Crippen molar-refractivity contribution in [3.05, 3.63) is 34.4 Å². The van der Waals surface area contributed by atoms with Crippen LogP contribution in [0, 0.1) is 10.1 Å². The molecule has 1 rings (SSSR count). The van der Waals surface area contributed by atoms with Crippen molar-refractivity contribution in [1.82, 2.24) is 10.6 Å². The van der Waals surface area contributed by atoms with Crippen LogP contribution in [0.1, 0.15) is 0 Å². The summed E-state index contributed by atoms with van der Waals surface area (Å²) in [6.07, 6.45) is 0. The van der Waals surface area contributed by atoms with Gasteiger partial charge in [0, 0.05) is 30.1 Å². The van der Waals surface area contributed by atoms with Crippen LogP contribution in [0.15, 0.2) is 29.2 Å². The zero-order valence-electron chi connectivity index (χ0n) is 10.4. The molecule has 2 N–H and O–H groups in total. The molecule has 0 aromatic heterocycles. The Balaban J connectivity index is 0.00000324. The van der Waals surface area contributed by atoms with Gasteiger partial charge in [0.2, 0.25) is 5.91 Å². The Morgan fingerprint density at radius 1 is 1.32 bits per heavy atom. The predicted molar refractivity (Wildman–Crippen MR) is 78.0 cm³/mol. The van der Waals surface area contributed by atoms with Crippen LogP contribution in [0.25, 0.3) is 0 Å². The molecule has 19 heavy (non-hydrogen) atoms. The number of amides is 1. The zero-order valence-corrected chi connectivity index (χ0v) is 12.1. The quantitative estimate of drug-likeness (QED) is 0.345. The minimum Gasteiger partial charge on any atom is -0.354 e. The largest absolute Gasteiger partial charge is 0.354 e. The maximum absolute atomic E-state index is 11.4. The van der Waals surface area contributed by atoms with Gasteiger partial charge < -0.3 is 10.6 Å². The highest BCUT2D eigenvalue weighted by atomic mass is 35.5. The molecule has 0 aliphatic carbocycles. The average Bonchev–Trinajstić information content (AvgIpc) is 2.37. The molecular formula is C11H16ClN3O3S. The summed E-state index contributed by atoms with van der Waals surface area (Å²) in [5, 5.41) is 16.1. The van der Waals surface area contributed by atoms with Crippen molar-refractivity contribution in [2.45, 2.75) is 4.90 Å². The van der Waals surface area contributed by atoms with Crippen molar-refractivity contribution in [3.63, 3.8) is 0 Å². The van der Waals surface area contributed by atoms with Crippen molar-refractivity contribution in [2.24, 2.45) is 0 Å². The van der Waals surface area contributed by atoms with Crippen LogP contribution in [0.5, 0.6) is 0 Å². The van der Waals surface area contributed by atoms with Crippen molar-refractivity contribution < 1.29 is 9.72 Å². The second-order valence-corrected chi connectivity index (χ2v) is 4.54. The Morgan fingerprint density at radius 2 is 1.95 bits per heavy atom. The van der Waals surface area contributed by atoms with Gasteiger partial charge in [-0.3, -0.25) is 14.9 Å². The normalized spacial score (nSPS) is 9.53. The van der Waals surface area contributed by atoms with E-state index < -0.39 is 4.92 Å². The Kier molecular flexibility index (Phi) is 8.94. The fourth-order valence-electron chi connectivity index (χ4n) is 1.19. The summed E-state index contributed by atoms with van der Waals surface area (Å²) < 4.78 is 0. The van der Waals surface area contributed by atoms with E-state index in [1.54, 1.807) is 12.1 Å². The first-order chi connectivity index (χ1) is 8.63. The average molecular weight is 306 g/mol. The number of halogens is 1. The smallest absolute Gasteiger partial charge is 0.269 e. The molecule has 0 bridgehead atoms. The number of carbonyl (C=O) groups is 1. The fourth-order valence-corrected chi connectivity index (χ4v) is 1.92. The number of nitrogens with zero attached hydrogens (tertiary/aromatic N) is 1.